The van der Waals surface area contributed by atoms with Crippen molar-refractivity contribution in [3.8, 4) is 5.75 Å². The van der Waals surface area contributed by atoms with Gasteiger partial charge in [-0.05, 0) is 12.1 Å². The van der Waals surface area contributed by atoms with Crippen molar-refractivity contribution in [3.05, 3.63) is 29.8 Å². The lowest BCUT2D eigenvalue weighted by Crippen LogP contribution is -2.59. The molecule has 2 unspecified atom stereocenters. The first-order valence-corrected chi connectivity index (χ1v) is 6.25. The lowest BCUT2D eigenvalue weighted by Gasteiger charge is -2.39. The van der Waals surface area contributed by atoms with Crippen LogP contribution < -0.4 is 0 Å². The van der Waals surface area contributed by atoms with Crippen molar-refractivity contribution in [1.29, 1.82) is 0 Å². The molecule has 0 saturated carbocycles. The molecule has 5 N–H and O–H groups in total. The largest absolute Gasteiger partial charge is 0.507 e. The molecule has 0 aliphatic carbocycles. The molecule has 0 spiro atoms. The summed E-state index contributed by atoms with van der Waals surface area (Å²) in [4.78, 5) is 11.9. The Hall–Kier alpha value is -1.71. The first-order valence-electron chi connectivity index (χ1n) is 6.25. The molecule has 116 valence electrons. The molecule has 0 amide bonds. The number of esters is 1. The van der Waals surface area contributed by atoms with Crippen LogP contribution in [-0.2, 0) is 9.47 Å². The number of ether oxygens (including phenoxy) is 2. The molecule has 1 aromatic rings. The predicted molar refractivity (Wildman–Crippen MR) is 67.3 cm³/mol. The van der Waals surface area contributed by atoms with Crippen LogP contribution >= 0.6 is 0 Å². The second-order valence-corrected chi connectivity index (χ2v) is 4.62. The summed E-state index contributed by atoms with van der Waals surface area (Å²) in [7, 11) is 0. The molecule has 21 heavy (non-hydrogen) atoms. The molecule has 0 aromatic heterocycles. The fourth-order valence-electron chi connectivity index (χ4n) is 2.04. The van der Waals surface area contributed by atoms with Gasteiger partial charge in [-0.25, -0.2) is 4.79 Å². The van der Waals surface area contributed by atoms with Crippen LogP contribution in [0.3, 0.4) is 0 Å². The van der Waals surface area contributed by atoms with E-state index in [4.69, 9.17) is 14.6 Å². The number of rotatable bonds is 3. The van der Waals surface area contributed by atoms with E-state index >= 15 is 0 Å². The molecule has 5 atom stereocenters. The van der Waals surface area contributed by atoms with Gasteiger partial charge in [0, 0.05) is 0 Å². The van der Waals surface area contributed by atoms with E-state index < -0.39 is 43.3 Å². The minimum Gasteiger partial charge on any atom is -0.507 e. The fourth-order valence-corrected chi connectivity index (χ4v) is 2.04. The van der Waals surface area contributed by atoms with Gasteiger partial charge in [0.05, 0.1) is 6.61 Å². The monoisotopic (exact) mass is 300 g/mol. The van der Waals surface area contributed by atoms with Gasteiger partial charge in [-0.1, -0.05) is 12.1 Å². The van der Waals surface area contributed by atoms with Gasteiger partial charge in [0.25, 0.3) is 0 Å². The zero-order valence-electron chi connectivity index (χ0n) is 10.9. The first kappa shape index (κ1) is 15.7. The lowest BCUT2D eigenvalue weighted by molar-refractivity contribution is -0.285. The van der Waals surface area contributed by atoms with E-state index in [1.54, 1.807) is 0 Å². The van der Waals surface area contributed by atoms with E-state index in [0.717, 1.165) is 0 Å². The van der Waals surface area contributed by atoms with Crippen LogP contribution in [-0.4, -0.2) is 68.8 Å². The third-order valence-electron chi connectivity index (χ3n) is 3.21. The zero-order valence-corrected chi connectivity index (χ0v) is 10.9. The van der Waals surface area contributed by atoms with Crippen molar-refractivity contribution in [1.82, 2.24) is 0 Å². The van der Waals surface area contributed by atoms with Gasteiger partial charge in [0.15, 0.2) is 12.4 Å². The highest BCUT2D eigenvalue weighted by atomic mass is 16.7. The molecule has 2 rings (SSSR count). The number of carbonyl (C=O) groups is 1. The van der Waals surface area contributed by atoms with Crippen LogP contribution in [0.15, 0.2) is 24.3 Å². The Morgan fingerprint density at radius 3 is 2.48 bits per heavy atom. The van der Waals surface area contributed by atoms with E-state index in [1.165, 1.54) is 24.3 Å². The number of aromatic hydroxyl groups is 1. The number of aliphatic hydroxyl groups is 4. The van der Waals surface area contributed by atoms with Crippen LogP contribution in [0.4, 0.5) is 0 Å². The maximum absolute atomic E-state index is 11.9. The number of phenolic OH excluding ortho intramolecular Hbond substituents is 1. The van der Waals surface area contributed by atoms with Crippen LogP contribution in [0.25, 0.3) is 0 Å². The Morgan fingerprint density at radius 2 is 1.86 bits per heavy atom. The number of aliphatic hydroxyl groups excluding tert-OH is 4. The standard InChI is InChI=1S/C13H16O8/c14-5-8-9(16)11(10(17)13(19)20-8)21-12(18)6-3-1-2-4-7(6)15/h1-4,8-11,13-17,19H,5H2/t8?,9-,10?,11+,13-/m1/s1. The van der Waals surface area contributed by atoms with Gasteiger partial charge in [-0.3, -0.25) is 0 Å². The Morgan fingerprint density at radius 1 is 1.19 bits per heavy atom. The van der Waals surface area contributed by atoms with Crippen molar-refractivity contribution in [2.24, 2.45) is 0 Å². The maximum atomic E-state index is 11.9. The highest BCUT2D eigenvalue weighted by Crippen LogP contribution is 2.25. The van der Waals surface area contributed by atoms with Gasteiger partial charge in [-0.15, -0.1) is 0 Å². The summed E-state index contributed by atoms with van der Waals surface area (Å²) in [5.41, 5.74) is -0.154. The zero-order chi connectivity index (χ0) is 15.6. The third-order valence-corrected chi connectivity index (χ3v) is 3.21. The van der Waals surface area contributed by atoms with Crippen LogP contribution in [0.5, 0.6) is 5.75 Å². The smallest absolute Gasteiger partial charge is 0.342 e. The number of benzene rings is 1. The minimum absolute atomic E-state index is 0.154. The van der Waals surface area contributed by atoms with E-state index in [9.17, 15) is 25.2 Å². The molecule has 8 heteroatoms. The molecule has 1 aliphatic rings. The molecule has 8 nitrogen and oxygen atoms in total. The summed E-state index contributed by atoms with van der Waals surface area (Å²) in [6.07, 6.45) is -7.63. The molecular weight excluding hydrogens is 284 g/mol. The number of carbonyl (C=O) groups excluding carboxylic acids is 1. The Kier molecular flexibility index (Phi) is 4.76. The number of phenols is 1. The summed E-state index contributed by atoms with van der Waals surface area (Å²) in [6, 6.07) is 5.59. The summed E-state index contributed by atoms with van der Waals surface area (Å²) in [5.74, 6) is -1.31. The third kappa shape index (κ3) is 3.14. The highest BCUT2D eigenvalue weighted by molar-refractivity contribution is 5.92. The van der Waals surface area contributed by atoms with Gasteiger partial charge in [0.1, 0.15) is 29.6 Å². The highest BCUT2D eigenvalue weighted by Gasteiger charge is 2.46. The summed E-state index contributed by atoms with van der Waals surface area (Å²) in [5, 5.41) is 47.7. The van der Waals surface area contributed by atoms with Crippen molar-refractivity contribution >= 4 is 5.97 Å². The summed E-state index contributed by atoms with van der Waals surface area (Å²) in [6.45, 7) is -0.629. The van der Waals surface area contributed by atoms with Crippen LogP contribution in [0, 0.1) is 0 Å². The summed E-state index contributed by atoms with van der Waals surface area (Å²) < 4.78 is 9.70. The Bertz CT molecular complexity index is 505. The molecule has 0 bridgehead atoms. The second kappa shape index (κ2) is 6.37. The first-order chi connectivity index (χ1) is 9.95. The minimum atomic E-state index is -1.72. The molecule has 1 fully saturated rings. The molecule has 0 radical (unpaired) electrons. The average Bonchev–Trinajstić information content (AvgIpc) is 2.47. The van der Waals surface area contributed by atoms with E-state index in [1.807, 2.05) is 0 Å². The normalized spacial score (nSPS) is 32.7. The van der Waals surface area contributed by atoms with E-state index in [-0.39, 0.29) is 11.3 Å². The van der Waals surface area contributed by atoms with Gasteiger partial charge < -0.3 is 35.0 Å². The van der Waals surface area contributed by atoms with Gasteiger partial charge >= 0.3 is 5.97 Å². The molecular formula is C13H16O8. The number of hydrogen-bond donors (Lipinski definition) is 5. The molecule has 1 saturated heterocycles. The number of hydrogen-bond acceptors (Lipinski definition) is 8. The molecule has 1 heterocycles. The quantitative estimate of drug-likeness (QED) is 0.419. The fraction of sp³-hybridized carbons (Fsp3) is 0.462. The predicted octanol–water partition coefficient (Wildman–Crippen LogP) is -1.65. The van der Waals surface area contributed by atoms with Gasteiger partial charge in [-0.2, -0.15) is 0 Å². The van der Waals surface area contributed by atoms with Crippen molar-refractivity contribution < 1.29 is 39.8 Å². The molecule has 1 aliphatic heterocycles. The van der Waals surface area contributed by atoms with Crippen molar-refractivity contribution in [3.63, 3.8) is 0 Å². The average molecular weight is 300 g/mol. The van der Waals surface area contributed by atoms with Gasteiger partial charge in [0.2, 0.25) is 0 Å². The number of para-hydroxylation sites is 1. The van der Waals surface area contributed by atoms with E-state index in [2.05, 4.69) is 0 Å². The lowest BCUT2D eigenvalue weighted by atomic mass is 9.99. The van der Waals surface area contributed by atoms with E-state index in [0.29, 0.717) is 0 Å². The topological polar surface area (TPSA) is 137 Å². The summed E-state index contributed by atoms with van der Waals surface area (Å²) >= 11 is 0. The second-order valence-electron chi connectivity index (χ2n) is 4.62. The van der Waals surface area contributed by atoms with Crippen molar-refractivity contribution in [2.45, 2.75) is 30.7 Å². The maximum Gasteiger partial charge on any atom is 0.342 e. The Balaban J connectivity index is 2.16. The van der Waals surface area contributed by atoms with Crippen LogP contribution in [0.1, 0.15) is 10.4 Å². The SMILES string of the molecule is O=C(O[C@@H]1C(O)[C@H](O)OC(CO)[C@H]1O)c1ccccc1O. The Labute approximate surface area is 119 Å². The molecule has 1 aromatic carbocycles. The van der Waals surface area contributed by atoms with Crippen molar-refractivity contribution in [2.75, 3.05) is 6.61 Å². The van der Waals surface area contributed by atoms with Crippen LogP contribution in [0.2, 0.25) is 0 Å².